The molecule has 0 unspecified atom stereocenters. The van der Waals surface area contributed by atoms with E-state index in [9.17, 15) is 20.4 Å². The van der Waals surface area contributed by atoms with E-state index in [2.05, 4.69) is 67.5 Å². The average molecular weight is 641 g/mol. The molecule has 0 aliphatic rings. The molecule has 0 aliphatic carbocycles. The van der Waals surface area contributed by atoms with Crippen LogP contribution in [0.4, 0.5) is 0 Å². The normalized spacial score (nSPS) is 12.0. The van der Waals surface area contributed by atoms with E-state index in [4.69, 9.17) is 0 Å². The number of rotatable bonds is 6. The highest BCUT2D eigenvalue weighted by molar-refractivity contribution is 5.95. The van der Waals surface area contributed by atoms with Crippen molar-refractivity contribution in [2.75, 3.05) is 0 Å². The number of hydrogen-bond donors (Lipinski definition) is 4. The number of fused-ring (bicyclic) bond motifs is 2. The molecule has 0 fully saturated rings. The van der Waals surface area contributed by atoms with Gasteiger partial charge in [0.05, 0.1) is 0 Å². The molecule has 4 N–H and O–H groups in total. The van der Waals surface area contributed by atoms with Crippen LogP contribution in [-0.2, 0) is 10.8 Å². The molecule has 4 nitrogen and oxygen atoms in total. The van der Waals surface area contributed by atoms with Crippen molar-refractivity contribution in [2.24, 2.45) is 0 Å². The van der Waals surface area contributed by atoms with Crippen LogP contribution in [0.25, 0.3) is 21.5 Å². The fourth-order valence-corrected chi connectivity index (χ4v) is 7.14. The summed E-state index contributed by atoms with van der Waals surface area (Å²) in [4.78, 5) is 0. The van der Waals surface area contributed by atoms with Gasteiger partial charge in [0.25, 0.3) is 0 Å². The molecule has 6 aromatic rings. The van der Waals surface area contributed by atoms with Crippen molar-refractivity contribution < 1.29 is 20.4 Å². The SMILES string of the molecule is CC(C)(c1ccc(O)c2ccccc12)c1ccc(O)c2ccccc12.CC(C)c1cc(O)ccc1C(C)(C)c1ccc(O)cc1C(C)C. The van der Waals surface area contributed by atoms with Crippen LogP contribution in [-0.4, -0.2) is 20.4 Å². The third kappa shape index (κ3) is 6.44. The molecule has 0 heterocycles. The third-order valence-electron chi connectivity index (χ3n) is 9.81. The average Bonchev–Trinajstić information content (AvgIpc) is 3.05. The lowest BCUT2D eigenvalue weighted by molar-refractivity contribution is 0.471. The largest absolute Gasteiger partial charge is 0.508 e. The summed E-state index contributed by atoms with van der Waals surface area (Å²) in [6, 6.07) is 34.7. The number of phenols is 4. The van der Waals surface area contributed by atoms with Crippen molar-refractivity contribution in [2.45, 2.75) is 78.1 Å². The molecule has 0 saturated heterocycles. The zero-order valence-corrected chi connectivity index (χ0v) is 29.3. The highest BCUT2D eigenvalue weighted by atomic mass is 16.3. The highest BCUT2D eigenvalue weighted by Gasteiger charge is 2.30. The first-order valence-corrected chi connectivity index (χ1v) is 16.7. The van der Waals surface area contributed by atoms with Crippen LogP contribution in [0.1, 0.15) is 101 Å². The minimum atomic E-state index is -0.291. The summed E-state index contributed by atoms with van der Waals surface area (Å²) in [5, 5.41) is 44.0. The van der Waals surface area contributed by atoms with Crippen molar-refractivity contribution in [3.63, 3.8) is 0 Å². The lowest BCUT2D eigenvalue weighted by atomic mass is 9.71. The maximum Gasteiger partial charge on any atom is 0.123 e. The van der Waals surface area contributed by atoms with Gasteiger partial charge in [-0.3, -0.25) is 0 Å². The Hall–Kier alpha value is -4.96. The molecule has 0 radical (unpaired) electrons. The summed E-state index contributed by atoms with van der Waals surface area (Å²) in [5.74, 6) is 1.87. The Labute approximate surface area is 285 Å². The first-order valence-electron chi connectivity index (χ1n) is 16.7. The molecule has 0 aromatic heterocycles. The van der Waals surface area contributed by atoms with Crippen molar-refractivity contribution in [1.82, 2.24) is 0 Å². The molecule has 0 bridgehead atoms. The van der Waals surface area contributed by atoms with E-state index in [1.807, 2.05) is 72.8 Å². The summed E-state index contributed by atoms with van der Waals surface area (Å²) < 4.78 is 0. The van der Waals surface area contributed by atoms with Crippen LogP contribution in [0.15, 0.2) is 109 Å². The van der Waals surface area contributed by atoms with Crippen molar-refractivity contribution in [3.05, 3.63) is 143 Å². The fraction of sp³-hybridized carbons (Fsp3) is 0.273. The van der Waals surface area contributed by atoms with E-state index >= 15 is 0 Å². The monoisotopic (exact) mass is 640 g/mol. The van der Waals surface area contributed by atoms with Crippen LogP contribution in [0.2, 0.25) is 0 Å². The lowest BCUT2D eigenvalue weighted by Gasteiger charge is -2.32. The molecular weight excluding hydrogens is 592 g/mol. The van der Waals surface area contributed by atoms with Gasteiger partial charge in [-0.1, -0.05) is 128 Å². The molecule has 6 aromatic carbocycles. The Bertz CT molecular complexity index is 1940. The minimum Gasteiger partial charge on any atom is -0.508 e. The summed E-state index contributed by atoms with van der Waals surface area (Å²) >= 11 is 0. The van der Waals surface area contributed by atoms with Gasteiger partial charge >= 0.3 is 0 Å². The molecule has 6 rings (SSSR count). The van der Waals surface area contributed by atoms with Gasteiger partial charge in [-0.15, -0.1) is 0 Å². The topological polar surface area (TPSA) is 80.9 Å². The fourth-order valence-electron chi connectivity index (χ4n) is 7.14. The van der Waals surface area contributed by atoms with E-state index in [0.29, 0.717) is 34.8 Å². The molecular formula is C44H48O4. The molecule has 248 valence electrons. The number of aromatic hydroxyl groups is 4. The van der Waals surface area contributed by atoms with E-state index in [1.165, 1.54) is 11.1 Å². The predicted octanol–water partition coefficient (Wildman–Crippen LogP) is 11.4. The van der Waals surface area contributed by atoms with Gasteiger partial charge in [0.2, 0.25) is 0 Å². The third-order valence-corrected chi connectivity index (χ3v) is 9.81. The zero-order chi connectivity index (χ0) is 35.0. The van der Waals surface area contributed by atoms with Gasteiger partial charge in [-0.25, -0.2) is 0 Å². The van der Waals surface area contributed by atoms with Crippen molar-refractivity contribution in [1.29, 1.82) is 0 Å². The second-order valence-corrected chi connectivity index (χ2v) is 14.5. The molecule has 0 saturated carbocycles. The van der Waals surface area contributed by atoms with E-state index in [-0.39, 0.29) is 10.8 Å². The smallest absolute Gasteiger partial charge is 0.123 e. The van der Waals surface area contributed by atoms with Crippen molar-refractivity contribution >= 4 is 21.5 Å². The molecule has 0 atom stereocenters. The maximum atomic E-state index is 10.2. The summed E-state index contributed by atoms with van der Waals surface area (Å²) in [6.07, 6.45) is 0. The summed E-state index contributed by atoms with van der Waals surface area (Å²) in [6.45, 7) is 17.4. The molecule has 0 aliphatic heterocycles. The van der Waals surface area contributed by atoms with Crippen LogP contribution < -0.4 is 0 Å². The Morgan fingerprint density at radius 2 is 0.708 bits per heavy atom. The number of phenolic OH excluding ortho intramolecular Hbond substituents is 4. The number of hydrogen-bond acceptors (Lipinski definition) is 4. The lowest BCUT2D eigenvalue weighted by Crippen LogP contribution is -2.23. The van der Waals surface area contributed by atoms with Crippen LogP contribution in [0.3, 0.4) is 0 Å². The Balaban J connectivity index is 0.000000189. The standard InChI is InChI=1S/C23H20O2.C21H28O2/c1-23(2,19-11-13-21(24)17-9-5-3-7-15(17)19)20-12-14-22(25)18-10-6-4-8-16(18)20;1-13(2)17-11-15(22)7-9-19(17)21(5,6)20-10-8-16(23)12-18(20)14(3)4/h3-14,24-25H,1-2H3;7-14,22-23H,1-6H3. The molecule has 4 heteroatoms. The van der Waals surface area contributed by atoms with Crippen LogP contribution >= 0.6 is 0 Å². The van der Waals surface area contributed by atoms with E-state index in [1.54, 1.807) is 24.3 Å². The van der Waals surface area contributed by atoms with Gasteiger partial charge in [0.1, 0.15) is 23.0 Å². The minimum absolute atomic E-state index is 0.208. The molecule has 0 spiro atoms. The van der Waals surface area contributed by atoms with Gasteiger partial charge in [-0.05, 0) is 92.4 Å². The first kappa shape index (κ1) is 34.4. The van der Waals surface area contributed by atoms with Crippen LogP contribution in [0, 0.1) is 0 Å². The molecule has 0 amide bonds. The zero-order valence-electron chi connectivity index (χ0n) is 29.3. The highest BCUT2D eigenvalue weighted by Crippen LogP contribution is 2.43. The number of benzene rings is 6. The second kappa shape index (κ2) is 13.3. The predicted molar refractivity (Wildman–Crippen MR) is 200 cm³/mol. The van der Waals surface area contributed by atoms with E-state index < -0.39 is 0 Å². The Morgan fingerprint density at radius 3 is 1.06 bits per heavy atom. The quantitative estimate of drug-likeness (QED) is 0.146. The van der Waals surface area contributed by atoms with Crippen LogP contribution in [0.5, 0.6) is 23.0 Å². The van der Waals surface area contributed by atoms with E-state index in [0.717, 1.165) is 43.8 Å². The first-order chi connectivity index (χ1) is 22.6. The van der Waals surface area contributed by atoms with Crippen molar-refractivity contribution in [3.8, 4) is 23.0 Å². The van der Waals surface area contributed by atoms with Gasteiger partial charge < -0.3 is 20.4 Å². The summed E-state index contributed by atoms with van der Waals surface area (Å²) in [7, 11) is 0. The Kier molecular flexibility index (Phi) is 9.51. The van der Waals surface area contributed by atoms with Gasteiger partial charge in [0, 0.05) is 21.6 Å². The second-order valence-electron chi connectivity index (χ2n) is 14.5. The van der Waals surface area contributed by atoms with Gasteiger partial charge in [0.15, 0.2) is 0 Å². The molecule has 48 heavy (non-hydrogen) atoms. The summed E-state index contributed by atoms with van der Waals surface area (Å²) in [5.41, 5.74) is 6.57. The Morgan fingerprint density at radius 1 is 0.396 bits per heavy atom. The maximum absolute atomic E-state index is 10.2. The van der Waals surface area contributed by atoms with Gasteiger partial charge in [-0.2, -0.15) is 0 Å².